The molecule has 0 saturated carbocycles. The van der Waals surface area contributed by atoms with E-state index in [1.165, 1.54) is 0 Å². The van der Waals surface area contributed by atoms with Crippen molar-refractivity contribution in [3.05, 3.63) is 17.0 Å². The summed E-state index contributed by atoms with van der Waals surface area (Å²) in [7, 11) is 0. The third-order valence-corrected chi connectivity index (χ3v) is 3.10. The Kier molecular flexibility index (Phi) is 5.85. The summed E-state index contributed by atoms with van der Waals surface area (Å²) in [6.45, 7) is 11.5. The van der Waals surface area contributed by atoms with Crippen LogP contribution in [0.1, 0.15) is 42.6 Å². The van der Waals surface area contributed by atoms with Crippen LogP contribution in [0.4, 0.5) is 0 Å². The first-order chi connectivity index (χ1) is 8.63. The summed E-state index contributed by atoms with van der Waals surface area (Å²) < 4.78 is 5.06. The number of rotatable bonds is 7. The molecule has 0 fully saturated rings. The highest BCUT2D eigenvalue weighted by atomic mass is 16.5. The lowest BCUT2D eigenvalue weighted by molar-refractivity contribution is 0.0946. The average molecular weight is 253 g/mol. The Morgan fingerprint density at radius 1 is 1.33 bits per heavy atom. The van der Waals surface area contributed by atoms with E-state index in [2.05, 4.69) is 29.2 Å². The Morgan fingerprint density at radius 2 is 2.00 bits per heavy atom. The SMILES string of the molecule is CCc1noc(C)c1C(=O)NCCN(CC)CC. The Balaban J connectivity index is 2.52. The van der Waals surface area contributed by atoms with Crippen molar-refractivity contribution < 1.29 is 9.32 Å². The molecule has 0 atom stereocenters. The molecular formula is C13H23N3O2. The predicted molar refractivity (Wildman–Crippen MR) is 70.7 cm³/mol. The second kappa shape index (κ2) is 7.16. The Labute approximate surface area is 109 Å². The molecule has 1 aromatic heterocycles. The zero-order valence-electron chi connectivity index (χ0n) is 11.7. The Morgan fingerprint density at radius 3 is 2.56 bits per heavy atom. The molecule has 1 N–H and O–H groups in total. The van der Waals surface area contributed by atoms with Gasteiger partial charge in [0.25, 0.3) is 5.91 Å². The third kappa shape index (κ3) is 3.57. The van der Waals surface area contributed by atoms with Gasteiger partial charge in [0, 0.05) is 13.1 Å². The zero-order valence-corrected chi connectivity index (χ0v) is 11.7. The van der Waals surface area contributed by atoms with Gasteiger partial charge in [-0.1, -0.05) is 25.9 Å². The molecule has 5 nitrogen and oxygen atoms in total. The van der Waals surface area contributed by atoms with Crippen LogP contribution in [0, 0.1) is 6.92 Å². The molecule has 0 aliphatic heterocycles. The fourth-order valence-electron chi connectivity index (χ4n) is 1.91. The minimum absolute atomic E-state index is 0.0854. The molecule has 1 amide bonds. The normalized spacial score (nSPS) is 10.9. The molecule has 102 valence electrons. The summed E-state index contributed by atoms with van der Waals surface area (Å²) in [5, 5.41) is 6.80. The molecule has 1 aromatic rings. The molecule has 0 unspecified atom stereocenters. The van der Waals surface area contributed by atoms with Crippen LogP contribution < -0.4 is 5.32 Å². The molecule has 0 aromatic carbocycles. The van der Waals surface area contributed by atoms with Gasteiger partial charge < -0.3 is 14.7 Å². The molecule has 18 heavy (non-hydrogen) atoms. The lowest BCUT2D eigenvalue weighted by Crippen LogP contribution is -2.35. The number of nitrogens with zero attached hydrogens (tertiary/aromatic N) is 2. The fraction of sp³-hybridized carbons (Fsp3) is 0.692. The van der Waals surface area contributed by atoms with Gasteiger partial charge >= 0.3 is 0 Å². The van der Waals surface area contributed by atoms with Crippen molar-refractivity contribution >= 4 is 5.91 Å². The molecule has 0 aliphatic carbocycles. The smallest absolute Gasteiger partial charge is 0.256 e. The first-order valence-electron chi connectivity index (χ1n) is 6.59. The first kappa shape index (κ1) is 14.7. The van der Waals surface area contributed by atoms with E-state index >= 15 is 0 Å². The van der Waals surface area contributed by atoms with Gasteiger partial charge in [-0.05, 0) is 26.4 Å². The monoisotopic (exact) mass is 253 g/mol. The molecule has 1 rings (SSSR count). The zero-order chi connectivity index (χ0) is 13.5. The van der Waals surface area contributed by atoms with Crippen molar-refractivity contribution in [2.45, 2.75) is 34.1 Å². The number of hydrogen-bond donors (Lipinski definition) is 1. The first-order valence-corrected chi connectivity index (χ1v) is 6.59. The van der Waals surface area contributed by atoms with E-state index in [1.807, 2.05) is 6.92 Å². The third-order valence-electron chi connectivity index (χ3n) is 3.10. The van der Waals surface area contributed by atoms with Gasteiger partial charge in [0.2, 0.25) is 0 Å². The van der Waals surface area contributed by atoms with Crippen LogP contribution in [-0.4, -0.2) is 42.1 Å². The number of hydrogen-bond acceptors (Lipinski definition) is 4. The lowest BCUT2D eigenvalue weighted by Gasteiger charge is -2.17. The minimum atomic E-state index is -0.0854. The van der Waals surface area contributed by atoms with Gasteiger partial charge in [-0.15, -0.1) is 0 Å². The highest BCUT2D eigenvalue weighted by Crippen LogP contribution is 2.13. The summed E-state index contributed by atoms with van der Waals surface area (Å²) >= 11 is 0. The van der Waals surface area contributed by atoms with Crippen molar-refractivity contribution in [2.24, 2.45) is 0 Å². The van der Waals surface area contributed by atoms with Crippen molar-refractivity contribution in [1.29, 1.82) is 0 Å². The highest BCUT2D eigenvalue weighted by molar-refractivity contribution is 5.96. The van der Waals surface area contributed by atoms with Crippen molar-refractivity contribution in [2.75, 3.05) is 26.2 Å². The van der Waals surface area contributed by atoms with Crippen LogP contribution >= 0.6 is 0 Å². The highest BCUT2D eigenvalue weighted by Gasteiger charge is 2.18. The van der Waals surface area contributed by atoms with E-state index in [1.54, 1.807) is 6.92 Å². The maximum absolute atomic E-state index is 12.0. The number of aromatic nitrogens is 1. The standard InChI is InChI=1S/C13H23N3O2/c1-5-11-12(10(4)18-15-11)13(17)14-8-9-16(6-2)7-3/h5-9H2,1-4H3,(H,14,17). The summed E-state index contributed by atoms with van der Waals surface area (Å²) in [6, 6.07) is 0. The molecule has 0 radical (unpaired) electrons. The molecule has 0 spiro atoms. The number of carbonyl (C=O) groups excluding carboxylic acids is 1. The van der Waals surface area contributed by atoms with E-state index in [9.17, 15) is 4.79 Å². The lowest BCUT2D eigenvalue weighted by atomic mass is 10.1. The largest absolute Gasteiger partial charge is 0.361 e. The molecule has 5 heteroatoms. The van der Waals surface area contributed by atoms with Crippen molar-refractivity contribution in [3.63, 3.8) is 0 Å². The van der Waals surface area contributed by atoms with Crippen LogP contribution in [-0.2, 0) is 6.42 Å². The van der Waals surface area contributed by atoms with Gasteiger partial charge in [0.1, 0.15) is 11.3 Å². The second-order valence-electron chi connectivity index (χ2n) is 4.20. The molecule has 1 heterocycles. The number of aryl methyl sites for hydroxylation is 2. The van der Waals surface area contributed by atoms with Gasteiger partial charge in [-0.3, -0.25) is 4.79 Å². The van der Waals surface area contributed by atoms with Crippen LogP contribution in [0.2, 0.25) is 0 Å². The maximum atomic E-state index is 12.0. The van der Waals surface area contributed by atoms with Gasteiger partial charge in [-0.25, -0.2) is 0 Å². The molecule has 0 bridgehead atoms. The molecular weight excluding hydrogens is 230 g/mol. The van der Waals surface area contributed by atoms with Crippen LogP contribution in [0.5, 0.6) is 0 Å². The summed E-state index contributed by atoms with van der Waals surface area (Å²) in [4.78, 5) is 14.3. The van der Waals surface area contributed by atoms with E-state index in [4.69, 9.17) is 4.52 Å². The summed E-state index contributed by atoms with van der Waals surface area (Å²) in [5.41, 5.74) is 1.32. The predicted octanol–water partition coefficient (Wildman–Crippen LogP) is 1.62. The van der Waals surface area contributed by atoms with Gasteiger partial charge in [0.15, 0.2) is 0 Å². The molecule has 0 saturated heterocycles. The van der Waals surface area contributed by atoms with E-state index in [0.717, 1.165) is 25.3 Å². The van der Waals surface area contributed by atoms with Crippen molar-refractivity contribution in [1.82, 2.24) is 15.4 Å². The van der Waals surface area contributed by atoms with Crippen LogP contribution in [0.25, 0.3) is 0 Å². The number of nitrogens with one attached hydrogen (secondary N) is 1. The van der Waals surface area contributed by atoms with E-state index in [-0.39, 0.29) is 5.91 Å². The quantitative estimate of drug-likeness (QED) is 0.802. The van der Waals surface area contributed by atoms with E-state index in [0.29, 0.717) is 24.3 Å². The Bertz CT molecular complexity index is 384. The van der Waals surface area contributed by atoms with Crippen molar-refractivity contribution in [3.8, 4) is 0 Å². The topological polar surface area (TPSA) is 58.4 Å². The summed E-state index contributed by atoms with van der Waals surface area (Å²) in [6.07, 6.45) is 0.705. The average Bonchev–Trinajstić information content (AvgIpc) is 2.75. The number of carbonyl (C=O) groups is 1. The number of amides is 1. The molecule has 0 aliphatic rings. The van der Waals surface area contributed by atoms with E-state index < -0.39 is 0 Å². The van der Waals surface area contributed by atoms with Gasteiger partial charge in [0.05, 0.1) is 5.69 Å². The summed E-state index contributed by atoms with van der Waals surface area (Å²) in [5.74, 6) is 0.505. The fourth-order valence-corrected chi connectivity index (χ4v) is 1.91. The van der Waals surface area contributed by atoms with Crippen LogP contribution in [0.3, 0.4) is 0 Å². The van der Waals surface area contributed by atoms with Gasteiger partial charge in [-0.2, -0.15) is 0 Å². The number of likely N-dealkylation sites (N-methyl/N-ethyl adjacent to an activating group) is 1. The minimum Gasteiger partial charge on any atom is -0.361 e. The Hall–Kier alpha value is -1.36. The second-order valence-corrected chi connectivity index (χ2v) is 4.20. The van der Waals surface area contributed by atoms with Crippen LogP contribution in [0.15, 0.2) is 4.52 Å². The maximum Gasteiger partial charge on any atom is 0.256 e.